The maximum atomic E-state index is 10.2. The Morgan fingerprint density at radius 3 is 2.31 bits per heavy atom. The largest absolute Gasteiger partial charge is 0.411 e. The van der Waals surface area contributed by atoms with Crippen molar-refractivity contribution in [3.8, 4) is 5.75 Å². The van der Waals surface area contributed by atoms with E-state index in [0.29, 0.717) is 11.6 Å². The van der Waals surface area contributed by atoms with Gasteiger partial charge in [0.15, 0.2) is 0 Å². The minimum Gasteiger partial charge on any atom is -0.411 e. The fourth-order valence-corrected chi connectivity index (χ4v) is 0.871. The molecule has 1 heterocycles. The molecule has 6 nitrogen and oxygen atoms in total. The first-order valence-corrected chi connectivity index (χ1v) is 4.45. The monoisotopic (exact) mass is 220 g/mol. The normalized spacial score (nSPS) is 8.75. The van der Waals surface area contributed by atoms with E-state index in [4.69, 9.17) is 11.5 Å². The molecule has 0 fully saturated rings. The highest BCUT2D eigenvalue weighted by atomic mass is 16.5. The van der Waals surface area contributed by atoms with Gasteiger partial charge in [0.05, 0.1) is 6.20 Å². The van der Waals surface area contributed by atoms with Crippen molar-refractivity contribution in [3.05, 3.63) is 42.6 Å². The van der Waals surface area contributed by atoms with Crippen LogP contribution in [-0.2, 0) is 0 Å². The number of H-pyrrole nitrogens is 1. The van der Waals surface area contributed by atoms with Gasteiger partial charge in [-0.2, -0.15) is 5.10 Å². The summed E-state index contributed by atoms with van der Waals surface area (Å²) in [5, 5.41) is 6.10. The Kier molecular flexibility index (Phi) is 4.39. The highest BCUT2D eigenvalue weighted by Gasteiger charge is 1.93. The van der Waals surface area contributed by atoms with Crippen LogP contribution in [-0.4, -0.2) is 16.3 Å². The van der Waals surface area contributed by atoms with E-state index in [1.54, 1.807) is 36.5 Å². The number of anilines is 1. The van der Waals surface area contributed by atoms with Gasteiger partial charge in [-0.1, -0.05) is 18.2 Å². The fourth-order valence-electron chi connectivity index (χ4n) is 0.871. The second kappa shape index (κ2) is 6.07. The summed E-state index contributed by atoms with van der Waals surface area (Å²) in [6.07, 6.45) is 0.821. The predicted molar refractivity (Wildman–Crippen MR) is 59.7 cm³/mol. The van der Waals surface area contributed by atoms with Crippen molar-refractivity contribution in [1.29, 1.82) is 0 Å². The molecule has 0 aliphatic heterocycles. The van der Waals surface area contributed by atoms with Crippen LogP contribution in [0.1, 0.15) is 0 Å². The third kappa shape index (κ3) is 4.66. The van der Waals surface area contributed by atoms with Crippen molar-refractivity contribution in [2.24, 2.45) is 5.73 Å². The summed E-state index contributed by atoms with van der Waals surface area (Å²) >= 11 is 0. The summed E-state index contributed by atoms with van der Waals surface area (Å²) in [7, 11) is 0. The number of primary amides is 1. The second-order valence-corrected chi connectivity index (χ2v) is 2.75. The molecular weight excluding hydrogens is 208 g/mol. The zero-order valence-corrected chi connectivity index (χ0v) is 8.46. The van der Waals surface area contributed by atoms with Gasteiger partial charge in [-0.25, -0.2) is 4.79 Å². The van der Waals surface area contributed by atoms with E-state index in [1.807, 2.05) is 6.07 Å². The Bertz CT molecular complexity index is 414. The number of rotatable bonds is 1. The van der Waals surface area contributed by atoms with Crippen LogP contribution in [0, 0.1) is 0 Å². The molecule has 16 heavy (non-hydrogen) atoms. The van der Waals surface area contributed by atoms with E-state index < -0.39 is 6.09 Å². The highest BCUT2D eigenvalue weighted by Crippen LogP contribution is 2.07. The van der Waals surface area contributed by atoms with Crippen LogP contribution in [0.15, 0.2) is 42.6 Å². The van der Waals surface area contributed by atoms with Gasteiger partial charge in [0.1, 0.15) is 11.6 Å². The lowest BCUT2D eigenvalue weighted by Crippen LogP contribution is -2.15. The fraction of sp³-hybridized carbons (Fsp3) is 0. The van der Waals surface area contributed by atoms with Crippen molar-refractivity contribution < 1.29 is 9.53 Å². The molecule has 1 amide bonds. The van der Waals surface area contributed by atoms with Crippen LogP contribution in [0.25, 0.3) is 0 Å². The number of carbonyl (C=O) groups excluding carboxylic acids is 1. The molecule has 0 spiro atoms. The number of para-hydroxylation sites is 1. The molecule has 0 bridgehead atoms. The molecular formula is C10H12N4O2. The quantitative estimate of drug-likeness (QED) is 0.669. The second-order valence-electron chi connectivity index (χ2n) is 2.75. The Morgan fingerprint density at radius 1 is 1.25 bits per heavy atom. The number of carbonyl (C=O) groups is 1. The van der Waals surface area contributed by atoms with E-state index in [-0.39, 0.29) is 0 Å². The molecule has 2 rings (SSSR count). The number of nitrogens with zero attached hydrogens (tertiary/aromatic N) is 1. The number of amides is 1. The van der Waals surface area contributed by atoms with Crippen molar-refractivity contribution in [2.75, 3.05) is 5.73 Å². The zero-order chi connectivity index (χ0) is 11.8. The number of hydrogen-bond acceptors (Lipinski definition) is 4. The summed E-state index contributed by atoms with van der Waals surface area (Å²) < 4.78 is 4.55. The minimum absolute atomic E-state index is 0.468. The third-order valence-electron chi connectivity index (χ3n) is 1.48. The maximum absolute atomic E-state index is 10.2. The summed E-state index contributed by atoms with van der Waals surface area (Å²) in [4.78, 5) is 10.2. The van der Waals surface area contributed by atoms with Crippen LogP contribution in [0.5, 0.6) is 5.75 Å². The Balaban J connectivity index is 0.000000181. The van der Waals surface area contributed by atoms with Crippen molar-refractivity contribution >= 4 is 11.9 Å². The number of nitrogens with one attached hydrogen (secondary N) is 1. The summed E-state index contributed by atoms with van der Waals surface area (Å²) in [6.45, 7) is 0. The van der Waals surface area contributed by atoms with Crippen LogP contribution in [0.3, 0.4) is 0 Å². The van der Waals surface area contributed by atoms with Crippen LogP contribution < -0.4 is 16.2 Å². The number of hydrogen-bond donors (Lipinski definition) is 3. The zero-order valence-electron chi connectivity index (χ0n) is 8.46. The molecule has 84 valence electrons. The lowest BCUT2D eigenvalue weighted by Gasteiger charge is -1.96. The molecule has 0 unspecified atom stereocenters. The van der Waals surface area contributed by atoms with Gasteiger partial charge in [0, 0.05) is 0 Å². The van der Waals surface area contributed by atoms with E-state index in [1.165, 1.54) is 0 Å². The standard InChI is InChI=1S/C7H7NO2.C3H5N3/c8-7(9)10-6-4-2-1-3-5-6;4-3-1-2-5-6-3/h1-5H,(H2,8,9);1-2H,(H3,4,5,6). The number of aromatic amines is 1. The first-order valence-electron chi connectivity index (χ1n) is 4.45. The van der Waals surface area contributed by atoms with Crippen molar-refractivity contribution in [1.82, 2.24) is 10.2 Å². The van der Waals surface area contributed by atoms with E-state index in [2.05, 4.69) is 14.9 Å². The first kappa shape index (κ1) is 11.6. The molecule has 0 radical (unpaired) electrons. The molecule has 0 atom stereocenters. The average molecular weight is 220 g/mol. The predicted octanol–water partition coefficient (Wildman–Crippen LogP) is 1.14. The van der Waals surface area contributed by atoms with Crippen LogP contribution >= 0.6 is 0 Å². The molecule has 0 aliphatic rings. The molecule has 0 saturated heterocycles. The molecule has 2 aromatic rings. The van der Waals surface area contributed by atoms with E-state index in [9.17, 15) is 4.79 Å². The number of nitrogens with two attached hydrogens (primary N) is 2. The summed E-state index contributed by atoms with van der Waals surface area (Å²) in [5.74, 6) is 1.07. The van der Waals surface area contributed by atoms with Gasteiger partial charge in [-0.05, 0) is 18.2 Å². The maximum Gasteiger partial charge on any atom is 0.409 e. The van der Waals surface area contributed by atoms with Crippen LogP contribution in [0.4, 0.5) is 10.6 Å². The Labute approximate surface area is 92.2 Å². The highest BCUT2D eigenvalue weighted by molar-refractivity contribution is 5.67. The molecule has 1 aromatic heterocycles. The van der Waals surface area contributed by atoms with Crippen molar-refractivity contribution in [3.63, 3.8) is 0 Å². The molecule has 0 saturated carbocycles. The third-order valence-corrected chi connectivity index (χ3v) is 1.48. The lowest BCUT2D eigenvalue weighted by atomic mass is 10.3. The Morgan fingerprint density at radius 2 is 1.94 bits per heavy atom. The molecule has 0 aliphatic carbocycles. The summed E-state index contributed by atoms with van der Waals surface area (Å²) in [5.41, 5.74) is 9.92. The topological polar surface area (TPSA) is 107 Å². The van der Waals surface area contributed by atoms with E-state index >= 15 is 0 Å². The van der Waals surface area contributed by atoms with Crippen LogP contribution in [0.2, 0.25) is 0 Å². The minimum atomic E-state index is -0.786. The first-order chi connectivity index (χ1) is 7.68. The average Bonchev–Trinajstić information content (AvgIpc) is 2.71. The van der Waals surface area contributed by atoms with Gasteiger partial charge in [0.25, 0.3) is 0 Å². The molecule has 6 heteroatoms. The van der Waals surface area contributed by atoms with Gasteiger partial charge in [-0.3, -0.25) is 5.10 Å². The van der Waals surface area contributed by atoms with Gasteiger partial charge in [0.2, 0.25) is 0 Å². The van der Waals surface area contributed by atoms with Gasteiger partial charge >= 0.3 is 6.09 Å². The SMILES string of the molecule is NC(=O)Oc1ccccc1.Nc1ccn[nH]1. The number of nitrogen functional groups attached to an aromatic ring is 1. The van der Waals surface area contributed by atoms with Gasteiger partial charge < -0.3 is 16.2 Å². The number of benzene rings is 1. The molecule has 1 aromatic carbocycles. The summed E-state index contributed by atoms with van der Waals surface area (Å²) in [6, 6.07) is 10.4. The molecule has 5 N–H and O–H groups in total. The number of aromatic nitrogens is 2. The Hall–Kier alpha value is -2.50. The van der Waals surface area contributed by atoms with Crippen molar-refractivity contribution in [2.45, 2.75) is 0 Å². The van der Waals surface area contributed by atoms with E-state index in [0.717, 1.165) is 0 Å². The van der Waals surface area contributed by atoms with Gasteiger partial charge in [-0.15, -0.1) is 0 Å². The lowest BCUT2D eigenvalue weighted by molar-refractivity contribution is 0.211. The number of ether oxygens (including phenoxy) is 1. The smallest absolute Gasteiger partial charge is 0.409 e.